The van der Waals surface area contributed by atoms with E-state index in [9.17, 15) is 9.18 Å². The van der Waals surface area contributed by atoms with Gasteiger partial charge < -0.3 is 10.1 Å². The van der Waals surface area contributed by atoms with E-state index >= 15 is 0 Å². The van der Waals surface area contributed by atoms with Crippen LogP contribution in [0.1, 0.15) is 21.6 Å². The first kappa shape index (κ1) is 17.0. The molecular formula is C19H13FN4O2. The monoisotopic (exact) mass is 348 g/mol. The number of hydrogen-bond acceptors (Lipinski definition) is 5. The van der Waals surface area contributed by atoms with Gasteiger partial charge >= 0.3 is 0 Å². The summed E-state index contributed by atoms with van der Waals surface area (Å²) in [5.41, 5.74) is 1.67. The van der Waals surface area contributed by atoms with E-state index in [1.165, 1.54) is 30.7 Å². The molecule has 6 nitrogen and oxygen atoms in total. The third-order valence-electron chi connectivity index (χ3n) is 3.44. The number of amides is 1. The maximum atomic E-state index is 14.2. The number of nitriles is 1. The molecule has 0 aliphatic carbocycles. The van der Waals surface area contributed by atoms with Crippen molar-refractivity contribution >= 4 is 11.6 Å². The number of nitrogens with one attached hydrogen (secondary N) is 1. The van der Waals surface area contributed by atoms with Crippen molar-refractivity contribution in [2.75, 3.05) is 5.32 Å². The molecule has 0 fully saturated rings. The molecule has 0 radical (unpaired) electrons. The highest BCUT2D eigenvalue weighted by molar-refractivity contribution is 6.02. The lowest BCUT2D eigenvalue weighted by molar-refractivity contribution is 0.102. The van der Waals surface area contributed by atoms with E-state index in [1.54, 1.807) is 24.3 Å². The topological polar surface area (TPSA) is 87.9 Å². The lowest BCUT2D eigenvalue weighted by Gasteiger charge is -2.10. The predicted octanol–water partition coefficient (Wildman–Crippen LogP) is 3.32. The lowest BCUT2D eigenvalue weighted by Crippen LogP contribution is -2.14. The van der Waals surface area contributed by atoms with Crippen LogP contribution < -0.4 is 10.1 Å². The predicted molar refractivity (Wildman–Crippen MR) is 91.9 cm³/mol. The molecule has 1 amide bonds. The number of aromatic nitrogens is 2. The number of ether oxygens (including phenoxy) is 1. The zero-order valence-electron chi connectivity index (χ0n) is 13.5. The number of hydrogen-bond donors (Lipinski definition) is 1. The summed E-state index contributed by atoms with van der Waals surface area (Å²) in [5, 5.41) is 11.4. The molecule has 2 aromatic carbocycles. The number of halogens is 1. The molecule has 26 heavy (non-hydrogen) atoms. The second-order valence-corrected chi connectivity index (χ2v) is 5.29. The van der Waals surface area contributed by atoms with Gasteiger partial charge in [0.2, 0.25) is 0 Å². The SMILES string of the molecule is N#Cc1cccc(COc2ccc(NC(=O)c3cnccn3)cc2F)c1. The quantitative estimate of drug-likeness (QED) is 0.764. The Labute approximate surface area is 148 Å². The lowest BCUT2D eigenvalue weighted by atomic mass is 10.1. The number of nitrogens with zero attached hydrogens (tertiary/aromatic N) is 3. The van der Waals surface area contributed by atoms with Crippen molar-refractivity contribution < 1.29 is 13.9 Å². The van der Waals surface area contributed by atoms with E-state index in [4.69, 9.17) is 10.00 Å². The van der Waals surface area contributed by atoms with Gasteiger partial charge in [0.1, 0.15) is 12.3 Å². The Hall–Kier alpha value is -3.79. The molecule has 0 saturated carbocycles. The molecule has 7 heteroatoms. The molecule has 0 aliphatic heterocycles. The Bertz CT molecular complexity index is 971. The fourth-order valence-electron chi connectivity index (χ4n) is 2.20. The Morgan fingerprint density at radius 3 is 2.85 bits per heavy atom. The van der Waals surface area contributed by atoms with Crippen molar-refractivity contribution in [2.45, 2.75) is 6.61 Å². The van der Waals surface area contributed by atoms with Crippen molar-refractivity contribution in [3.8, 4) is 11.8 Å². The largest absolute Gasteiger partial charge is 0.486 e. The smallest absolute Gasteiger partial charge is 0.275 e. The molecule has 1 N–H and O–H groups in total. The van der Waals surface area contributed by atoms with E-state index in [1.807, 2.05) is 6.07 Å². The van der Waals surface area contributed by atoms with E-state index in [0.29, 0.717) is 5.56 Å². The fourth-order valence-corrected chi connectivity index (χ4v) is 2.20. The highest BCUT2D eigenvalue weighted by atomic mass is 19.1. The van der Waals surface area contributed by atoms with Gasteiger partial charge in [-0.2, -0.15) is 5.26 Å². The summed E-state index contributed by atoms with van der Waals surface area (Å²) in [6, 6.07) is 13.0. The van der Waals surface area contributed by atoms with Crippen LogP contribution in [0.2, 0.25) is 0 Å². The fraction of sp³-hybridized carbons (Fsp3) is 0.0526. The molecule has 0 spiro atoms. The van der Waals surface area contributed by atoms with Gasteiger partial charge in [0.05, 0.1) is 17.8 Å². The van der Waals surface area contributed by atoms with Gasteiger partial charge in [-0.05, 0) is 29.8 Å². The van der Waals surface area contributed by atoms with Crippen LogP contribution >= 0.6 is 0 Å². The first-order chi connectivity index (χ1) is 12.7. The number of carbonyl (C=O) groups excluding carboxylic acids is 1. The van der Waals surface area contributed by atoms with E-state index < -0.39 is 11.7 Å². The van der Waals surface area contributed by atoms with Crippen molar-refractivity contribution in [3.63, 3.8) is 0 Å². The maximum absolute atomic E-state index is 14.2. The average Bonchev–Trinajstić information content (AvgIpc) is 2.68. The van der Waals surface area contributed by atoms with Crippen molar-refractivity contribution in [1.82, 2.24) is 9.97 Å². The normalized spacial score (nSPS) is 10.0. The van der Waals surface area contributed by atoms with Gasteiger partial charge in [0, 0.05) is 24.1 Å². The Balaban J connectivity index is 1.66. The van der Waals surface area contributed by atoms with Gasteiger partial charge in [0.25, 0.3) is 5.91 Å². The summed E-state index contributed by atoms with van der Waals surface area (Å²) >= 11 is 0. The highest BCUT2D eigenvalue weighted by Gasteiger charge is 2.10. The summed E-state index contributed by atoms with van der Waals surface area (Å²) in [5.74, 6) is -1.05. The molecule has 0 saturated heterocycles. The summed E-state index contributed by atoms with van der Waals surface area (Å²) in [6.45, 7) is 0.123. The molecule has 1 heterocycles. The third-order valence-corrected chi connectivity index (χ3v) is 3.44. The molecule has 1 aromatic heterocycles. The van der Waals surface area contributed by atoms with Crippen molar-refractivity contribution in [1.29, 1.82) is 5.26 Å². The first-order valence-corrected chi connectivity index (χ1v) is 7.64. The Morgan fingerprint density at radius 1 is 1.23 bits per heavy atom. The highest BCUT2D eigenvalue weighted by Crippen LogP contribution is 2.22. The minimum Gasteiger partial charge on any atom is -0.486 e. The summed E-state index contributed by atoms with van der Waals surface area (Å²) < 4.78 is 19.6. The molecule has 0 atom stereocenters. The number of anilines is 1. The summed E-state index contributed by atoms with van der Waals surface area (Å²) in [7, 11) is 0. The maximum Gasteiger partial charge on any atom is 0.275 e. The van der Waals surface area contributed by atoms with Gasteiger partial charge in [0.15, 0.2) is 11.6 Å². The van der Waals surface area contributed by atoms with E-state index in [0.717, 1.165) is 11.6 Å². The third kappa shape index (κ3) is 4.19. The minimum atomic E-state index is -0.613. The zero-order chi connectivity index (χ0) is 18.4. The molecule has 0 bridgehead atoms. The molecule has 3 aromatic rings. The van der Waals surface area contributed by atoms with Crippen LogP contribution in [-0.2, 0) is 6.61 Å². The van der Waals surface area contributed by atoms with Crippen LogP contribution in [0.3, 0.4) is 0 Å². The van der Waals surface area contributed by atoms with Gasteiger partial charge in [-0.25, -0.2) is 9.37 Å². The van der Waals surface area contributed by atoms with Crippen LogP contribution in [-0.4, -0.2) is 15.9 Å². The number of benzene rings is 2. The first-order valence-electron chi connectivity index (χ1n) is 7.64. The standard InChI is InChI=1S/C19H13FN4O2/c20-16-9-15(24-19(25)17-11-22-6-7-23-17)4-5-18(16)26-12-14-3-1-2-13(8-14)10-21/h1-9,11H,12H2,(H,24,25). The van der Waals surface area contributed by atoms with Crippen LogP contribution in [0.25, 0.3) is 0 Å². The van der Waals surface area contributed by atoms with Crippen molar-refractivity contribution in [3.05, 3.63) is 83.7 Å². The number of rotatable bonds is 5. The summed E-state index contributed by atoms with van der Waals surface area (Å²) in [6.07, 6.45) is 4.17. The molecule has 128 valence electrons. The Kier molecular flexibility index (Phi) is 5.15. The second-order valence-electron chi connectivity index (χ2n) is 5.29. The van der Waals surface area contributed by atoms with E-state index in [-0.39, 0.29) is 23.7 Å². The van der Waals surface area contributed by atoms with Crippen LogP contribution in [0, 0.1) is 17.1 Å². The number of carbonyl (C=O) groups is 1. The summed E-state index contributed by atoms with van der Waals surface area (Å²) in [4.78, 5) is 19.7. The van der Waals surface area contributed by atoms with Crippen molar-refractivity contribution in [2.24, 2.45) is 0 Å². The zero-order valence-corrected chi connectivity index (χ0v) is 13.5. The minimum absolute atomic E-state index is 0.0462. The van der Waals surface area contributed by atoms with Gasteiger partial charge in [-0.1, -0.05) is 12.1 Å². The molecular weight excluding hydrogens is 335 g/mol. The Morgan fingerprint density at radius 2 is 2.12 bits per heavy atom. The van der Waals surface area contributed by atoms with Crippen LogP contribution in [0.5, 0.6) is 5.75 Å². The van der Waals surface area contributed by atoms with Gasteiger partial charge in [-0.3, -0.25) is 9.78 Å². The van der Waals surface area contributed by atoms with Gasteiger partial charge in [-0.15, -0.1) is 0 Å². The van der Waals surface area contributed by atoms with Crippen LogP contribution in [0.4, 0.5) is 10.1 Å². The average molecular weight is 348 g/mol. The van der Waals surface area contributed by atoms with Crippen LogP contribution in [0.15, 0.2) is 61.1 Å². The molecule has 0 unspecified atom stereocenters. The molecule has 3 rings (SSSR count). The second kappa shape index (κ2) is 7.85. The molecule has 0 aliphatic rings. The van der Waals surface area contributed by atoms with E-state index in [2.05, 4.69) is 15.3 Å².